The summed E-state index contributed by atoms with van der Waals surface area (Å²) in [5, 5.41) is 2.78. The molecule has 1 aliphatic rings. The van der Waals surface area contributed by atoms with Crippen LogP contribution in [0, 0.1) is 6.92 Å². The zero-order valence-corrected chi connectivity index (χ0v) is 12.7. The number of rotatable bonds is 1. The molecule has 0 aliphatic carbocycles. The quantitative estimate of drug-likeness (QED) is 0.768. The Morgan fingerprint density at radius 1 is 1.40 bits per heavy atom. The van der Waals surface area contributed by atoms with Gasteiger partial charge in [0.2, 0.25) is 5.91 Å². The normalized spacial score (nSPS) is 17.1. The maximum atomic E-state index is 12.6. The highest BCUT2D eigenvalue weighted by molar-refractivity contribution is 6.01. The molecule has 6 heteroatoms. The van der Waals surface area contributed by atoms with Crippen LogP contribution in [0.3, 0.4) is 0 Å². The van der Waals surface area contributed by atoms with Crippen LogP contribution >= 0.6 is 12.4 Å². The molecule has 1 aromatic rings. The predicted octanol–water partition coefficient (Wildman–Crippen LogP) is 1.35. The zero-order valence-electron chi connectivity index (χ0n) is 11.9. The fraction of sp³-hybridized carbons (Fsp3) is 0.429. The van der Waals surface area contributed by atoms with Crippen molar-refractivity contribution in [3.05, 3.63) is 29.3 Å². The Kier molecular flexibility index (Phi) is 4.65. The first-order valence-corrected chi connectivity index (χ1v) is 6.30. The molecule has 0 unspecified atom stereocenters. The van der Waals surface area contributed by atoms with Gasteiger partial charge in [-0.15, -0.1) is 12.4 Å². The molecule has 0 bridgehead atoms. The Morgan fingerprint density at radius 3 is 2.70 bits per heavy atom. The van der Waals surface area contributed by atoms with E-state index >= 15 is 0 Å². The molecule has 1 aliphatic heterocycles. The number of hydrogen-bond acceptors (Lipinski definition) is 3. The van der Waals surface area contributed by atoms with E-state index in [-0.39, 0.29) is 24.2 Å². The Labute approximate surface area is 124 Å². The monoisotopic (exact) mass is 297 g/mol. The largest absolute Gasteiger partial charge is 0.399 e. The Hall–Kier alpha value is -1.75. The summed E-state index contributed by atoms with van der Waals surface area (Å²) >= 11 is 0. The van der Waals surface area contributed by atoms with E-state index in [1.807, 2.05) is 13.0 Å². The first kappa shape index (κ1) is 16.3. The van der Waals surface area contributed by atoms with E-state index in [1.54, 1.807) is 30.9 Å². The van der Waals surface area contributed by atoms with Gasteiger partial charge in [0.25, 0.3) is 5.91 Å². The zero-order chi connectivity index (χ0) is 14.2. The summed E-state index contributed by atoms with van der Waals surface area (Å²) in [6, 6.07) is 5.25. The first-order valence-electron chi connectivity index (χ1n) is 6.30. The summed E-state index contributed by atoms with van der Waals surface area (Å²) in [4.78, 5) is 26.1. The highest BCUT2D eigenvalue weighted by Gasteiger charge is 2.40. The molecule has 1 fully saturated rings. The molecule has 3 N–H and O–H groups in total. The molecule has 110 valence electrons. The van der Waals surface area contributed by atoms with Crippen molar-refractivity contribution in [1.29, 1.82) is 0 Å². The maximum absolute atomic E-state index is 12.6. The highest BCUT2D eigenvalue weighted by atomic mass is 35.5. The van der Waals surface area contributed by atoms with Crippen LogP contribution in [0.1, 0.15) is 29.8 Å². The van der Waals surface area contributed by atoms with Crippen molar-refractivity contribution in [2.75, 3.05) is 18.8 Å². The van der Waals surface area contributed by atoms with Gasteiger partial charge in [-0.05, 0) is 38.5 Å². The summed E-state index contributed by atoms with van der Waals surface area (Å²) in [6.07, 6.45) is 0. The van der Waals surface area contributed by atoms with Gasteiger partial charge in [-0.25, -0.2) is 0 Å². The van der Waals surface area contributed by atoms with Crippen LogP contribution in [-0.2, 0) is 4.79 Å². The lowest BCUT2D eigenvalue weighted by Gasteiger charge is -2.41. The molecule has 1 saturated heterocycles. The Morgan fingerprint density at radius 2 is 2.05 bits per heavy atom. The van der Waals surface area contributed by atoms with Crippen LogP contribution < -0.4 is 11.1 Å². The SMILES string of the molecule is Cc1ccc(N)cc1C(=O)N1CCNC(=O)C1(C)C.Cl. The van der Waals surface area contributed by atoms with Crippen molar-refractivity contribution in [3.63, 3.8) is 0 Å². The van der Waals surface area contributed by atoms with Gasteiger partial charge in [0.15, 0.2) is 0 Å². The van der Waals surface area contributed by atoms with Crippen molar-refractivity contribution in [2.45, 2.75) is 26.3 Å². The van der Waals surface area contributed by atoms with E-state index < -0.39 is 5.54 Å². The number of halogens is 1. The molecular weight excluding hydrogens is 278 g/mol. The average Bonchev–Trinajstić information content (AvgIpc) is 2.35. The van der Waals surface area contributed by atoms with Gasteiger partial charge in [-0.3, -0.25) is 9.59 Å². The fourth-order valence-electron chi connectivity index (χ4n) is 2.27. The van der Waals surface area contributed by atoms with Crippen LogP contribution in [0.5, 0.6) is 0 Å². The van der Waals surface area contributed by atoms with Crippen molar-refractivity contribution in [3.8, 4) is 0 Å². The van der Waals surface area contributed by atoms with Crippen molar-refractivity contribution >= 4 is 29.9 Å². The summed E-state index contributed by atoms with van der Waals surface area (Å²) < 4.78 is 0. The number of nitrogens with one attached hydrogen (secondary N) is 1. The van der Waals surface area contributed by atoms with E-state index in [0.29, 0.717) is 24.3 Å². The molecule has 0 atom stereocenters. The number of benzene rings is 1. The van der Waals surface area contributed by atoms with Gasteiger partial charge in [0.1, 0.15) is 5.54 Å². The molecule has 0 spiro atoms. The van der Waals surface area contributed by atoms with Crippen LogP contribution in [0.2, 0.25) is 0 Å². The molecule has 0 aromatic heterocycles. The van der Waals surface area contributed by atoms with Gasteiger partial charge in [0.05, 0.1) is 0 Å². The first-order chi connectivity index (χ1) is 8.84. The summed E-state index contributed by atoms with van der Waals surface area (Å²) in [6.45, 7) is 6.35. The number of nitrogens with zero attached hydrogens (tertiary/aromatic N) is 1. The second-order valence-electron chi connectivity index (χ2n) is 5.35. The number of anilines is 1. The molecule has 0 radical (unpaired) electrons. The molecule has 1 heterocycles. The van der Waals surface area contributed by atoms with E-state index in [1.165, 1.54) is 0 Å². The van der Waals surface area contributed by atoms with Gasteiger partial charge >= 0.3 is 0 Å². The van der Waals surface area contributed by atoms with E-state index in [9.17, 15) is 9.59 Å². The van der Waals surface area contributed by atoms with Gasteiger partial charge in [-0.2, -0.15) is 0 Å². The van der Waals surface area contributed by atoms with E-state index in [0.717, 1.165) is 5.56 Å². The molecular formula is C14H20ClN3O2. The number of carbonyl (C=O) groups is 2. The molecule has 20 heavy (non-hydrogen) atoms. The fourth-order valence-corrected chi connectivity index (χ4v) is 2.27. The third kappa shape index (κ3) is 2.72. The smallest absolute Gasteiger partial charge is 0.255 e. The van der Waals surface area contributed by atoms with Gasteiger partial charge < -0.3 is 16.0 Å². The number of nitrogen functional groups attached to an aromatic ring is 1. The Bertz CT molecular complexity index is 543. The van der Waals surface area contributed by atoms with Crippen LogP contribution in [0.4, 0.5) is 5.69 Å². The Balaban J connectivity index is 0.00000200. The molecule has 0 saturated carbocycles. The van der Waals surface area contributed by atoms with Gasteiger partial charge in [0, 0.05) is 24.3 Å². The number of amides is 2. The summed E-state index contributed by atoms with van der Waals surface area (Å²) in [5.74, 6) is -0.279. The number of piperazine rings is 1. The topological polar surface area (TPSA) is 75.4 Å². The predicted molar refractivity (Wildman–Crippen MR) is 81.0 cm³/mol. The summed E-state index contributed by atoms with van der Waals surface area (Å²) in [7, 11) is 0. The molecule has 5 nitrogen and oxygen atoms in total. The van der Waals surface area contributed by atoms with E-state index in [2.05, 4.69) is 5.32 Å². The lowest BCUT2D eigenvalue weighted by atomic mass is 9.96. The second-order valence-corrected chi connectivity index (χ2v) is 5.35. The number of carbonyl (C=O) groups excluding carboxylic acids is 2. The lowest BCUT2D eigenvalue weighted by molar-refractivity contribution is -0.133. The van der Waals surface area contributed by atoms with Crippen LogP contribution in [-0.4, -0.2) is 35.3 Å². The van der Waals surface area contributed by atoms with Crippen molar-refractivity contribution in [2.24, 2.45) is 0 Å². The van der Waals surface area contributed by atoms with Crippen molar-refractivity contribution in [1.82, 2.24) is 10.2 Å². The average molecular weight is 298 g/mol. The lowest BCUT2D eigenvalue weighted by Crippen LogP contribution is -2.63. The summed E-state index contributed by atoms with van der Waals surface area (Å²) in [5.41, 5.74) is 6.87. The highest BCUT2D eigenvalue weighted by Crippen LogP contribution is 2.23. The van der Waals surface area contributed by atoms with Gasteiger partial charge in [-0.1, -0.05) is 6.07 Å². The minimum atomic E-state index is -0.841. The second kappa shape index (κ2) is 5.71. The molecule has 1 aromatic carbocycles. The van der Waals surface area contributed by atoms with Crippen LogP contribution in [0.25, 0.3) is 0 Å². The van der Waals surface area contributed by atoms with E-state index in [4.69, 9.17) is 5.73 Å². The number of aryl methyl sites for hydroxylation is 1. The number of nitrogens with two attached hydrogens (primary N) is 1. The van der Waals surface area contributed by atoms with Crippen molar-refractivity contribution < 1.29 is 9.59 Å². The number of hydrogen-bond donors (Lipinski definition) is 2. The standard InChI is InChI=1S/C14H19N3O2.ClH/c1-9-4-5-10(15)8-11(9)12(18)17-7-6-16-13(19)14(17,2)3;/h4-5,8H,6-7,15H2,1-3H3,(H,16,19);1H. The third-order valence-electron chi connectivity index (χ3n) is 3.59. The minimum absolute atomic E-state index is 0. The maximum Gasteiger partial charge on any atom is 0.255 e. The minimum Gasteiger partial charge on any atom is -0.399 e. The van der Waals surface area contributed by atoms with Crippen LogP contribution in [0.15, 0.2) is 18.2 Å². The molecule has 2 amide bonds. The molecule has 2 rings (SSSR count). The third-order valence-corrected chi connectivity index (χ3v) is 3.59.